The van der Waals surface area contributed by atoms with E-state index in [0.29, 0.717) is 5.56 Å². The van der Waals surface area contributed by atoms with E-state index in [-0.39, 0.29) is 12.4 Å². The lowest BCUT2D eigenvalue weighted by Gasteiger charge is -2.17. The van der Waals surface area contributed by atoms with Gasteiger partial charge in [-0.25, -0.2) is 4.39 Å². The zero-order chi connectivity index (χ0) is 15.1. The molecule has 3 nitrogen and oxygen atoms in total. The molecule has 1 N–H and O–H groups in total. The van der Waals surface area contributed by atoms with Gasteiger partial charge in [0.1, 0.15) is 12.4 Å². The van der Waals surface area contributed by atoms with E-state index in [9.17, 15) is 4.39 Å². The molecule has 0 unspecified atom stereocenters. The molecule has 4 heteroatoms. The molecule has 1 saturated carbocycles. The zero-order valence-corrected chi connectivity index (χ0v) is 12.4. The van der Waals surface area contributed by atoms with Crippen molar-refractivity contribution in [1.29, 1.82) is 0 Å². The van der Waals surface area contributed by atoms with Crippen molar-refractivity contribution in [2.45, 2.75) is 19.4 Å². The number of aliphatic hydroxyl groups is 1. The molecular formula is C17H22FNO2. The average molecular weight is 291 g/mol. The Morgan fingerprint density at radius 2 is 2.24 bits per heavy atom. The molecule has 1 aliphatic rings. The Morgan fingerprint density at radius 3 is 2.95 bits per heavy atom. The van der Waals surface area contributed by atoms with Gasteiger partial charge in [0.2, 0.25) is 0 Å². The Labute approximate surface area is 125 Å². The van der Waals surface area contributed by atoms with E-state index in [1.165, 1.54) is 18.9 Å². The normalized spacial score (nSPS) is 14.1. The van der Waals surface area contributed by atoms with Gasteiger partial charge in [0.15, 0.2) is 0 Å². The van der Waals surface area contributed by atoms with Gasteiger partial charge in [-0.05, 0) is 43.5 Å². The van der Waals surface area contributed by atoms with Crippen LogP contribution in [-0.4, -0.2) is 43.4 Å². The SMILES string of the molecule is CN(CCOCC1CC1)Cc1ccc(F)c(C#CCO)c1. The standard InChI is InChI=1S/C17H22FNO2/c1-19(8-10-21-13-14-4-5-14)12-15-6-7-17(18)16(11-15)3-2-9-20/h6-7,11,14,20H,4-5,8-10,12-13H2,1H3. The van der Waals surface area contributed by atoms with Crippen LogP contribution in [0.1, 0.15) is 24.0 Å². The van der Waals surface area contributed by atoms with Crippen LogP contribution in [0.15, 0.2) is 18.2 Å². The van der Waals surface area contributed by atoms with Crippen molar-refractivity contribution in [1.82, 2.24) is 4.90 Å². The second kappa shape index (κ2) is 8.14. The Bertz CT molecular complexity index is 517. The lowest BCUT2D eigenvalue weighted by atomic mass is 10.1. The molecule has 0 heterocycles. The largest absolute Gasteiger partial charge is 0.384 e. The van der Waals surface area contributed by atoms with Gasteiger partial charge in [-0.1, -0.05) is 17.9 Å². The van der Waals surface area contributed by atoms with Crippen molar-refractivity contribution >= 4 is 0 Å². The van der Waals surface area contributed by atoms with Crippen LogP contribution in [0.4, 0.5) is 4.39 Å². The number of benzene rings is 1. The van der Waals surface area contributed by atoms with Crippen molar-refractivity contribution in [3.63, 3.8) is 0 Å². The molecule has 0 atom stereocenters. The summed E-state index contributed by atoms with van der Waals surface area (Å²) in [7, 11) is 2.02. The number of aliphatic hydroxyl groups excluding tert-OH is 1. The summed E-state index contributed by atoms with van der Waals surface area (Å²) in [6, 6.07) is 4.93. The second-order valence-corrected chi connectivity index (χ2v) is 5.53. The second-order valence-electron chi connectivity index (χ2n) is 5.53. The number of rotatable bonds is 7. The highest BCUT2D eigenvalue weighted by atomic mass is 19.1. The average Bonchev–Trinajstić information content (AvgIpc) is 3.28. The molecule has 0 amide bonds. The summed E-state index contributed by atoms with van der Waals surface area (Å²) in [5.41, 5.74) is 1.34. The first-order chi connectivity index (χ1) is 10.2. The molecule has 0 bridgehead atoms. The molecule has 1 fully saturated rings. The number of halogens is 1. The third kappa shape index (κ3) is 5.84. The fourth-order valence-electron chi connectivity index (χ4n) is 2.05. The molecule has 0 aromatic heterocycles. The number of hydrogen-bond acceptors (Lipinski definition) is 3. The minimum Gasteiger partial charge on any atom is -0.384 e. The third-order valence-corrected chi connectivity index (χ3v) is 3.45. The van der Waals surface area contributed by atoms with Gasteiger partial charge in [0.05, 0.1) is 12.2 Å². The van der Waals surface area contributed by atoms with Crippen LogP contribution in [-0.2, 0) is 11.3 Å². The molecule has 1 aliphatic carbocycles. The molecule has 0 radical (unpaired) electrons. The van der Waals surface area contributed by atoms with Gasteiger partial charge < -0.3 is 9.84 Å². The van der Waals surface area contributed by atoms with Gasteiger partial charge >= 0.3 is 0 Å². The van der Waals surface area contributed by atoms with E-state index in [1.54, 1.807) is 12.1 Å². The summed E-state index contributed by atoms with van der Waals surface area (Å²) in [6.45, 7) is 2.92. The minimum absolute atomic E-state index is 0.262. The third-order valence-electron chi connectivity index (χ3n) is 3.45. The number of hydrogen-bond donors (Lipinski definition) is 1. The summed E-state index contributed by atoms with van der Waals surface area (Å²) in [5, 5.41) is 8.68. The van der Waals surface area contributed by atoms with Crippen molar-refractivity contribution in [3.05, 3.63) is 35.1 Å². The summed E-state index contributed by atoms with van der Waals surface area (Å²) < 4.78 is 19.2. The molecule has 1 aromatic rings. The maximum absolute atomic E-state index is 13.5. The summed E-state index contributed by atoms with van der Waals surface area (Å²) in [6.07, 6.45) is 2.62. The predicted molar refractivity (Wildman–Crippen MR) is 80.2 cm³/mol. The van der Waals surface area contributed by atoms with Crippen LogP contribution in [0.2, 0.25) is 0 Å². The minimum atomic E-state index is -0.352. The number of nitrogens with zero attached hydrogens (tertiary/aromatic N) is 1. The van der Waals surface area contributed by atoms with Crippen molar-refractivity contribution in [2.24, 2.45) is 5.92 Å². The summed E-state index contributed by atoms with van der Waals surface area (Å²) >= 11 is 0. The predicted octanol–water partition coefficient (Wildman–Crippen LogP) is 2.03. The maximum atomic E-state index is 13.5. The Hall–Kier alpha value is -1.41. The van der Waals surface area contributed by atoms with Gasteiger partial charge in [-0.2, -0.15) is 0 Å². The highest BCUT2D eigenvalue weighted by molar-refractivity contribution is 5.38. The zero-order valence-electron chi connectivity index (χ0n) is 12.4. The lowest BCUT2D eigenvalue weighted by molar-refractivity contribution is 0.102. The first-order valence-electron chi connectivity index (χ1n) is 7.33. The highest BCUT2D eigenvalue weighted by Gasteiger charge is 2.20. The van der Waals surface area contributed by atoms with Crippen LogP contribution in [0.5, 0.6) is 0 Å². The van der Waals surface area contributed by atoms with Gasteiger partial charge in [-0.15, -0.1) is 0 Å². The molecule has 1 aromatic carbocycles. The first-order valence-corrected chi connectivity index (χ1v) is 7.33. The monoisotopic (exact) mass is 291 g/mol. The Kier molecular flexibility index (Phi) is 6.19. The Balaban J connectivity index is 1.80. The smallest absolute Gasteiger partial charge is 0.138 e. The number of likely N-dealkylation sites (N-methyl/N-ethyl adjacent to an activating group) is 1. The van der Waals surface area contributed by atoms with E-state index in [0.717, 1.165) is 37.8 Å². The molecular weight excluding hydrogens is 269 g/mol. The fraction of sp³-hybridized carbons (Fsp3) is 0.529. The topological polar surface area (TPSA) is 32.7 Å². The van der Waals surface area contributed by atoms with Crippen LogP contribution < -0.4 is 0 Å². The summed E-state index contributed by atoms with van der Waals surface area (Å²) in [5.74, 6) is 5.55. The first kappa shape index (κ1) is 16.0. The number of ether oxygens (including phenoxy) is 1. The highest BCUT2D eigenvalue weighted by Crippen LogP contribution is 2.28. The van der Waals surface area contributed by atoms with Crippen LogP contribution in [0.25, 0.3) is 0 Å². The van der Waals surface area contributed by atoms with Crippen LogP contribution in [0, 0.1) is 23.6 Å². The van der Waals surface area contributed by atoms with E-state index in [2.05, 4.69) is 16.7 Å². The Morgan fingerprint density at radius 1 is 1.43 bits per heavy atom. The van der Waals surface area contributed by atoms with E-state index in [4.69, 9.17) is 9.84 Å². The van der Waals surface area contributed by atoms with Crippen LogP contribution >= 0.6 is 0 Å². The van der Waals surface area contributed by atoms with Crippen molar-refractivity contribution < 1.29 is 14.2 Å². The lowest BCUT2D eigenvalue weighted by Crippen LogP contribution is -2.23. The molecule has 0 aliphatic heterocycles. The van der Waals surface area contributed by atoms with Gasteiger partial charge in [-0.3, -0.25) is 4.90 Å². The summed E-state index contributed by atoms with van der Waals surface area (Å²) in [4.78, 5) is 2.14. The quantitative estimate of drug-likeness (QED) is 0.616. The van der Waals surface area contributed by atoms with Gasteiger partial charge in [0, 0.05) is 19.7 Å². The molecule has 0 spiro atoms. The van der Waals surface area contributed by atoms with Gasteiger partial charge in [0.25, 0.3) is 0 Å². The maximum Gasteiger partial charge on any atom is 0.138 e. The fourth-order valence-corrected chi connectivity index (χ4v) is 2.05. The van der Waals surface area contributed by atoms with Crippen LogP contribution in [0.3, 0.4) is 0 Å². The van der Waals surface area contributed by atoms with E-state index < -0.39 is 0 Å². The van der Waals surface area contributed by atoms with Crippen molar-refractivity contribution in [2.75, 3.05) is 33.4 Å². The van der Waals surface area contributed by atoms with Crippen molar-refractivity contribution in [3.8, 4) is 11.8 Å². The molecule has 114 valence electrons. The van der Waals surface area contributed by atoms with E-state index >= 15 is 0 Å². The molecule has 0 saturated heterocycles. The van der Waals surface area contributed by atoms with E-state index in [1.807, 2.05) is 7.05 Å². The molecule has 21 heavy (non-hydrogen) atoms. The molecule has 2 rings (SSSR count).